The van der Waals surface area contributed by atoms with Gasteiger partial charge in [0.1, 0.15) is 17.6 Å². The molecule has 0 spiro atoms. The number of aromatic hydroxyl groups is 2. The van der Waals surface area contributed by atoms with Gasteiger partial charge in [-0.2, -0.15) is 5.26 Å². The Bertz CT molecular complexity index is 1210. The number of esters is 1. The summed E-state index contributed by atoms with van der Waals surface area (Å²) in [5.41, 5.74) is 2.09. The number of halogens is 1. The van der Waals surface area contributed by atoms with Gasteiger partial charge >= 0.3 is 5.97 Å². The molecular formula is C23H16BrNO4. The lowest BCUT2D eigenvalue weighted by Gasteiger charge is -2.31. The monoisotopic (exact) mass is 449 g/mol. The third-order valence-corrected chi connectivity index (χ3v) is 5.86. The average Bonchev–Trinajstić information content (AvgIpc) is 3.01. The number of ether oxygens (including phenoxy) is 1. The Labute approximate surface area is 175 Å². The number of benzene rings is 3. The van der Waals surface area contributed by atoms with Gasteiger partial charge in [-0.25, -0.2) is 4.79 Å². The number of phenolic OH excluding ortho intramolecular Hbond substituents is 2. The van der Waals surface area contributed by atoms with Crippen LogP contribution in [0.25, 0.3) is 0 Å². The highest BCUT2D eigenvalue weighted by molar-refractivity contribution is 9.10. The lowest BCUT2D eigenvalue weighted by molar-refractivity contribution is 0.0251. The fourth-order valence-electron chi connectivity index (χ4n) is 3.82. The maximum Gasteiger partial charge on any atom is 0.340 e. The highest BCUT2D eigenvalue weighted by atomic mass is 79.9. The minimum absolute atomic E-state index is 0.0920. The number of carbonyl (C=O) groups is 1. The molecule has 4 rings (SSSR count). The molecule has 0 aromatic heterocycles. The molecule has 1 unspecified atom stereocenters. The van der Waals surface area contributed by atoms with E-state index in [4.69, 9.17) is 4.74 Å². The van der Waals surface area contributed by atoms with E-state index >= 15 is 0 Å². The molecule has 0 saturated carbocycles. The Hall–Kier alpha value is -3.30. The molecule has 0 fully saturated rings. The summed E-state index contributed by atoms with van der Waals surface area (Å²) in [4.78, 5) is 12.8. The first-order valence-corrected chi connectivity index (χ1v) is 9.65. The van der Waals surface area contributed by atoms with E-state index in [1.54, 1.807) is 44.2 Å². The van der Waals surface area contributed by atoms with Gasteiger partial charge < -0.3 is 14.9 Å². The van der Waals surface area contributed by atoms with Gasteiger partial charge in [-0.15, -0.1) is 0 Å². The van der Waals surface area contributed by atoms with Crippen molar-refractivity contribution in [2.75, 3.05) is 0 Å². The second-order valence-corrected chi connectivity index (χ2v) is 7.90. The molecule has 5 nitrogen and oxygen atoms in total. The Morgan fingerprint density at radius 3 is 2.28 bits per heavy atom. The lowest BCUT2D eigenvalue weighted by Crippen LogP contribution is -2.30. The molecule has 1 aliphatic heterocycles. The van der Waals surface area contributed by atoms with E-state index < -0.39 is 11.6 Å². The van der Waals surface area contributed by atoms with Crippen molar-refractivity contribution in [3.05, 3.63) is 91.9 Å². The van der Waals surface area contributed by atoms with Crippen molar-refractivity contribution < 1.29 is 19.7 Å². The Morgan fingerprint density at radius 2 is 1.62 bits per heavy atom. The number of hydrogen-bond acceptors (Lipinski definition) is 5. The molecular weight excluding hydrogens is 434 g/mol. The number of aryl methyl sites for hydroxylation is 2. The fourth-order valence-corrected chi connectivity index (χ4v) is 4.38. The Balaban J connectivity index is 2.13. The summed E-state index contributed by atoms with van der Waals surface area (Å²) in [6, 6.07) is 15.8. The summed E-state index contributed by atoms with van der Waals surface area (Å²) < 4.78 is 6.46. The van der Waals surface area contributed by atoms with E-state index in [-0.39, 0.29) is 17.1 Å². The quantitative estimate of drug-likeness (QED) is 0.547. The van der Waals surface area contributed by atoms with E-state index in [1.165, 1.54) is 6.07 Å². The minimum atomic E-state index is -1.32. The molecule has 3 aromatic carbocycles. The van der Waals surface area contributed by atoms with Crippen LogP contribution in [0.5, 0.6) is 11.5 Å². The maximum atomic E-state index is 12.8. The number of nitrogens with zero attached hydrogens (tertiary/aromatic N) is 1. The van der Waals surface area contributed by atoms with Crippen LogP contribution in [0, 0.1) is 25.2 Å². The molecule has 29 heavy (non-hydrogen) atoms. The van der Waals surface area contributed by atoms with Gasteiger partial charge in [-0.05, 0) is 71.2 Å². The van der Waals surface area contributed by atoms with Crippen LogP contribution >= 0.6 is 15.9 Å². The number of phenols is 2. The lowest BCUT2D eigenvalue weighted by atomic mass is 9.78. The van der Waals surface area contributed by atoms with Crippen LogP contribution in [0.3, 0.4) is 0 Å². The van der Waals surface area contributed by atoms with Crippen molar-refractivity contribution in [2.45, 2.75) is 19.4 Å². The van der Waals surface area contributed by atoms with Crippen molar-refractivity contribution in [2.24, 2.45) is 0 Å². The van der Waals surface area contributed by atoms with Gasteiger partial charge in [0.25, 0.3) is 0 Å². The predicted octanol–water partition coefficient (Wildman–Crippen LogP) is 4.81. The van der Waals surface area contributed by atoms with Crippen molar-refractivity contribution in [1.82, 2.24) is 0 Å². The normalized spacial score (nSPS) is 17.5. The molecule has 1 atom stereocenters. The third kappa shape index (κ3) is 2.70. The van der Waals surface area contributed by atoms with Crippen LogP contribution < -0.4 is 0 Å². The first-order chi connectivity index (χ1) is 13.8. The zero-order valence-electron chi connectivity index (χ0n) is 15.7. The number of carbonyl (C=O) groups excluding carboxylic acids is 1. The molecule has 2 N–H and O–H groups in total. The maximum absolute atomic E-state index is 12.8. The SMILES string of the molecule is Cc1cc(C2(c3cc(C)c(O)c(C#N)c3)OC(=O)c3ccccc32)cc(Br)c1O. The predicted molar refractivity (Wildman–Crippen MR) is 110 cm³/mol. The molecule has 0 amide bonds. The zero-order chi connectivity index (χ0) is 20.9. The van der Waals surface area contributed by atoms with Crippen molar-refractivity contribution in [1.29, 1.82) is 5.26 Å². The summed E-state index contributed by atoms with van der Waals surface area (Å²) in [7, 11) is 0. The summed E-state index contributed by atoms with van der Waals surface area (Å²) in [5.74, 6) is -0.486. The summed E-state index contributed by atoms with van der Waals surface area (Å²) in [6.07, 6.45) is 0. The van der Waals surface area contributed by atoms with E-state index in [0.717, 1.165) is 0 Å². The van der Waals surface area contributed by atoms with Gasteiger partial charge in [-0.3, -0.25) is 0 Å². The van der Waals surface area contributed by atoms with Gasteiger partial charge in [0.05, 0.1) is 15.6 Å². The summed E-state index contributed by atoms with van der Waals surface area (Å²) >= 11 is 3.37. The van der Waals surface area contributed by atoms with Crippen LogP contribution in [0.2, 0.25) is 0 Å². The van der Waals surface area contributed by atoms with Crippen LogP contribution in [0.15, 0.2) is 53.0 Å². The molecule has 1 aliphatic rings. The zero-order valence-corrected chi connectivity index (χ0v) is 17.2. The molecule has 0 aliphatic carbocycles. The Morgan fingerprint density at radius 1 is 1.00 bits per heavy atom. The molecule has 1 heterocycles. The average molecular weight is 450 g/mol. The smallest absolute Gasteiger partial charge is 0.340 e. The van der Waals surface area contributed by atoms with Crippen molar-refractivity contribution in [3.63, 3.8) is 0 Å². The van der Waals surface area contributed by atoms with E-state index in [9.17, 15) is 20.3 Å². The largest absolute Gasteiger partial charge is 0.506 e. The highest BCUT2D eigenvalue weighted by Gasteiger charge is 2.49. The fraction of sp³-hybridized carbons (Fsp3) is 0.130. The van der Waals surface area contributed by atoms with Crippen LogP contribution in [0.1, 0.15) is 43.7 Å². The highest BCUT2D eigenvalue weighted by Crippen LogP contribution is 2.49. The standard InChI is InChI=1S/C23H16BrNO4/c1-12-7-15(9-14(11-25)20(12)26)23(16-8-13(2)21(27)19(24)10-16)18-6-4-3-5-17(18)22(28)29-23/h3-10,26-27H,1-2H3. The molecule has 0 radical (unpaired) electrons. The van der Waals surface area contributed by atoms with E-state index in [0.29, 0.717) is 37.9 Å². The summed E-state index contributed by atoms with van der Waals surface area (Å²) in [6.45, 7) is 3.44. The van der Waals surface area contributed by atoms with Gasteiger partial charge in [0.2, 0.25) is 0 Å². The van der Waals surface area contributed by atoms with E-state index in [1.807, 2.05) is 18.2 Å². The van der Waals surface area contributed by atoms with E-state index in [2.05, 4.69) is 15.9 Å². The number of hydrogen-bond donors (Lipinski definition) is 2. The first-order valence-electron chi connectivity index (χ1n) is 8.86. The Kier molecular flexibility index (Phi) is 4.36. The van der Waals surface area contributed by atoms with Gasteiger partial charge in [0, 0.05) is 16.7 Å². The molecule has 144 valence electrons. The second-order valence-electron chi connectivity index (χ2n) is 7.04. The topological polar surface area (TPSA) is 90.5 Å². The molecule has 0 bridgehead atoms. The van der Waals surface area contributed by atoms with Crippen LogP contribution in [0.4, 0.5) is 0 Å². The van der Waals surface area contributed by atoms with Crippen molar-refractivity contribution >= 4 is 21.9 Å². The summed E-state index contributed by atoms with van der Waals surface area (Å²) in [5, 5.41) is 29.9. The number of fused-ring (bicyclic) bond motifs is 1. The van der Waals surface area contributed by atoms with Crippen LogP contribution in [-0.4, -0.2) is 16.2 Å². The van der Waals surface area contributed by atoms with Crippen LogP contribution in [-0.2, 0) is 10.3 Å². The molecule has 0 saturated heterocycles. The molecule has 6 heteroatoms. The minimum Gasteiger partial charge on any atom is -0.506 e. The van der Waals surface area contributed by atoms with Gasteiger partial charge in [-0.1, -0.05) is 18.2 Å². The van der Waals surface area contributed by atoms with Gasteiger partial charge in [0.15, 0.2) is 5.60 Å². The second kappa shape index (κ2) is 6.64. The van der Waals surface area contributed by atoms with Crippen molar-refractivity contribution in [3.8, 4) is 17.6 Å². The molecule has 3 aromatic rings. The number of nitriles is 1. The first kappa shape index (κ1) is 19.0. The number of cyclic esters (lactones) is 1. The number of rotatable bonds is 2. The third-order valence-electron chi connectivity index (χ3n) is 5.26.